The zero-order valence-electron chi connectivity index (χ0n) is 16.6. The molecule has 0 spiro atoms. The van der Waals surface area contributed by atoms with Crippen molar-refractivity contribution in [3.05, 3.63) is 96.6 Å². The number of hydrogen-bond acceptors (Lipinski definition) is 4. The summed E-state index contributed by atoms with van der Waals surface area (Å²) in [4.78, 5) is 12.7. The number of carbonyl (C=O) groups excluding carboxylic acids is 1. The average Bonchev–Trinajstić information content (AvgIpc) is 3.22. The molecule has 1 heterocycles. The molecule has 30 heavy (non-hydrogen) atoms. The third kappa shape index (κ3) is 4.60. The first kappa shape index (κ1) is 19.9. The lowest BCUT2D eigenvalue weighted by molar-refractivity contribution is -0.120. The van der Waals surface area contributed by atoms with E-state index < -0.39 is 0 Å². The van der Waals surface area contributed by atoms with Crippen molar-refractivity contribution in [1.29, 1.82) is 0 Å². The molecule has 0 radical (unpaired) electrons. The van der Waals surface area contributed by atoms with Gasteiger partial charge in [-0.05, 0) is 24.6 Å². The van der Waals surface area contributed by atoms with Crippen molar-refractivity contribution in [3.8, 4) is 17.1 Å². The van der Waals surface area contributed by atoms with Gasteiger partial charge < -0.3 is 5.32 Å². The summed E-state index contributed by atoms with van der Waals surface area (Å²) in [6.45, 7) is 2.39. The van der Waals surface area contributed by atoms with Crippen LogP contribution < -0.4 is 5.32 Å². The van der Waals surface area contributed by atoms with Gasteiger partial charge in [0.05, 0.1) is 5.25 Å². The average molecular weight is 415 g/mol. The summed E-state index contributed by atoms with van der Waals surface area (Å²) >= 11 is 1.40. The minimum Gasteiger partial charge on any atom is -0.351 e. The zero-order chi connectivity index (χ0) is 20.8. The Kier molecular flexibility index (Phi) is 6.25. The van der Waals surface area contributed by atoms with E-state index in [9.17, 15) is 4.79 Å². The molecule has 1 atom stereocenters. The Hall–Kier alpha value is -3.38. The molecule has 4 rings (SSSR count). The maximum Gasteiger partial charge on any atom is 0.233 e. The normalized spacial score (nSPS) is 11.8. The van der Waals surface area contributed by atoms with E-state index in [-0.39, 0.29) is 11.2 Å². The van der Waals surface area contributed by atoms with Crippen LogP contribution >= 0.6 is 11.8 Å². The Bertz CT molecular complexity index is 1100. The second-order valence-corrected chi connectivity index (χ2v) is 8.11. The lowest BCUT2D eigenvalue weighted by Crippen LogP contribution is -2.30. The molecule has 1 N–H and O–H groups in total. The van der Waals surface area contributed by atoms with Crippen LogP contribution in [0.4, 0.5) is 0 Å². The van der Waals surface area contributed by atoms with Crippen molar-refractivity contribution in [2.75, 3.05) is 0 Å². The Balaban J connectivity index is 1.56. The SMILES string of the molecule is C[C@@H](Sc1nnc(-c2ccccc2)n1-c1ccccc1)C(=O)NCc1ccccc1. The first-order valence-electron chi connectivity index (χ1n) is 9.77. The van der Waals surface area contributed by atoms with Crippen LogP contribution in [0.25, 0.3) is 17.1 Å². The number of aromatic nitrogens is 3. The van der Waals surface area contributed by atoms with Gasteiger partial charge >= 0.3 is 0 Å². The maximum absolute atomic E-state index is 12.7. The van der Waals surface area contributed by atoms with Crippen LogP contribution in [0.5, 0.6) is 0 Å². The summed E-state index contributed by atoms with van der Waals surface area (Å²) in [6, 6.07) is 29.8. The highest BCUT2D eigenvalue weighted by atomic mass is 32.2. The number of thioether (sulfide) groups is 1. The fourth-order valence-electron chi connectivity index (χ4n) is 3.07. The van der Waals surface area contributed by atoms with E-state index >= 15 is 0 Å². The van der Waals surface area contributed by atoms with Gasteiger partial charge in [0.25, 0.3) is 0 Å². The third-order valence-electron chi connectivity index (χ3n) is 4.64. The molecule has 0 saturated heterocycles. The summed E-state index contributed by atoms with van der Waals surface area (Å²) < 4.78 is 2.00. The summed E-state index contributed by atoms with van der Waals surface area (Å²) in [6.07, 6.45) is 0. The molecule has 0 aliphatic carbocycles. The second-order valence-electron chi connectivity index (χ2n) is 6.81. The smallest absolute Gasteiger partial charge is 0.233 e. The molecule has 0 aliphatic heterocycles. The highest BCUT2D eigenvalue weighted by Crippen LogP contribution is 2.30. The minimum atomic E-state index is -0.316. The number of para-hydroxylation sites is 1. The summed E-state index contributed by atoms with van der Waals surface area (Å²) in [5.41, 5.74) is 3.00. The number of nitrogens with zero attached hydrogens (tertiary/aromatic N) is 3. The number of nitrogens with one attached hydrogen (secondary N) is 1. The van der Waals surface area contributed by atoms with Crippen molar-refractivity contribution < 1.29 is 4.79 Å². The fraction of sp³-hybridized carbons (Fsp3) is 0.125. The van der Waals surface area contributed by atoms with E-state index in [1.54, 1.807) is 0 Å². The first-order valence-corrected chi connectivity index (χ1v) is 10.6. The molecule has 0 bridgehead atoms. The summed E-state index contributed by atoms with van der Waals surface area (Å²) in [7, 11) is 0. The lowest BCUT2D eigenvalue weighted by atomic mass is 10.2. The van der Waals surface area contributed by atoms with Gasteiger partial charge in [0.1, 0.15) is 0 Å². The van der Waals surface area contributed by atoms with Crippen LogP contribution in [0, 0.1) is 0 Å². The van der Waals surface area contributed by atoms with Gasteiger partial charge in [-0.15, -0.1) is 10.2 Å². The van der Waals surface area contributed by atoms with Crippen molar-refractivity contribution in [2.45, 2.75) is 23.9 Å². The summed E-state index contributed by atoms with van der Waals surface area (Å²) in [5.74, 6) is 0.717. The van der Waals surface area contributed by atoms with Crippen molar-refractivity contribution in [3.63, 3.8) is 0 Å². The van der Waals surface area contributed by atoms with Crippen LogP contribution in [0.15, 0.2) is 96.2 Å². The number of rotatable bonds is 7. The van der Waals surface area contributed by atoms with Gasteiger partial charge in [-0.1, -0.05) is 90.6 Å². The van der Waals surface area contributed by atoms with Crippen LogP contribution in [-0.4, -0.2) is 25.9 Å². The molecule has 5 nitrogen and oxygen atoms in total. The van der Waals surface area contributed by atoms with E-state index in [1.165, 1.54) is 11.8 Å². The molecule has 0 fully saturated rings. The highest BCUT2D eigenvalue weighted by molar-refractivity contribution is 8.00. The molecule has 1 aromatic heterocycles. The molecule has 150 valence electrons. The zero-order valence-corrected chi connectivity index (χ0v) is 17.4. The van der Waals surface area contributed by atoms with Gasteiger partial charge in [-0.2, -0.15) is 0 Å². The number of hydrogen-bond donors (Lipinski definition) is 1. The molecule has 0 aliphatic rings. The highest BCUT2D eigenvalue weighted by Gasteiger charge is 2.21. The molecule has 3 aromatic carbocycles. The van der Waals surface area contributed by atoms with Gasteiger partial charge in [0.15, 0.2) is 11.0 Å². The van der Waals surface area contributed by atoms with Crippen molar-refractivity contribution >= 4 is 17.7 Å². The quantitative estimate of drug-likeness (QED) is 0.444. The van der Waals surface area contributed by atoms with Crippen molar-refractivity contribution in [2.24, 2.45) is 0 Å². The predicted octanol–water partition coefficient (Wildman–Crippen LogP) is 4.73. The predicted molar refractivity (Wildman–Crippen MR) is 120 cm³/mol. The van der Waals surface area contributed by atoms with Gasteiger partial charge in [0.2, 0.25) is 5.91 Å². The van der Waals surface area contributed by atoms with Crippen LogP contribution in [0.3, 0.4) is 0 Å². The Morgan fingerprint density at radius 1 is 0.900 bits per heavy atom. The first-order chi connectivity index (χ1) is 14.7. The van der Waals surface area contributed by atoms with E-state index in [2.05, 4.69) is 15.5 Å². The maximum atomic E-state index is 12.7. The van der Waals surface area contributed by atoms with Gasteiger partial charge in [0, 0.05) is 17.8 Å². The number of carbonyl (C=O) groups is 1. The molecular formula is C24H22N4OS. The van der Waals surface area contributed by atoms with Crippen LogP contribution in [0.1, 0.15) is 12.5 Å². The second kappa shape index (κ2) is 9.41. The molecule has 6 heteroatoms. The number of benzene rings is 3. The standard InChI is InChI=1S/C24H22N4OS/c1-18(23(29)25-17-19-11-5-2-6-12-19)30-24-27-26-22(20-13-7-3-8-14-20)28(24)21-15-9-4-10-16-21/h2-16,18H,17H2,1H3,(H,25,29)/t18-/m1/s1. The Labute approximate surface area is 180 Å². The summed E-state index contributed by atoms with van der Waals surface area (Å²) in [5, 5.41) is 12.2. The minimum absolute atomic E-state index is 0.0345. The van der Waals surface area contributed by atoms with Gasteiger partial charge in [-0.3, -0.25) is 9.36 Å². The van der Waals surface area contributed by atoms with E-state index in [0.29, 0.717) is 11.7 Å². The van der Waals surface area contributed by atoms with E-state index in [0.717, 1.165) is 22.6 Å². The Morgan fingerprint density at radius 2 is 1.50 bits per heavy atom. The van der Waals surface area contributed by atoms with Crippen LogP contribution in [0.2, 0.25) is 0 Å². The lowest BCUT2D eigenvalue weighted by Gasteiger charge is -2.14. The van der Waals surface area contributed by atoms with Crippen LogP contribution in [-0.2, 0) is 11.3 Å². The number of amides is 1. The fourth-order valence-corrected chi connectivity index (χ4v) is 3.96. The molecule has 0 saturated carbocycles. The molecule has 0 unspecified atom stereocenters. The van der Waals surface area contributed by atoms with Gasteiger partial charge in [-0.25, -0.2) is 0 Å². The largest absolute Gasteiger partial charge is 0.351 e. The molecular weight excluding hydrogens is 392 g/mol. The molecule has 1 amide bonds. The monoisotopic (exact) mass is 414 g/mol. The molecule has 4 aromatic rings. The van der Waals surface area contributed by atoms with E-state index in [1.807, 2.05) is 102 Å². The Morgan fingerprint density at radius 3 is 2.17 bits per heavy atom. The topological polar surface area (TPSA) is 59.8 Å². The van der Waals surface area contributed by atoms with E-state index in [4.69, 9.17) is 0 Å². The van der Waals surface area contributed by atoms with Crippen molar-refractivity contribution in [1.82, 2.24) is 20.1 Å². The third-order valence-corrected chi connectivity index (χ3v) is 5.68.